The van der Waals surface area contributed by atoms with Crippen LogP contribution in [0.4, 0.5) is 0 Å². The van der Waals surface area contributed by atoms with Crippen LogP contribution in [0.3, 0.4) is 0 Å². The van der Waals surface area contributed by atoms with Gasteiger partial charge >= 0.3 is 0 Å². The standard InChI is InChI=1S/C14H26N2O/c1-11-7-8-15-13(9-11)14(17)16(2)10-12-5-3-4-6-12/h11-13,15H,3-10H2,1-2H3. The Morgan fingerprint density at radius 3 is 2.65 bits per heavy atom. The lowest BCUT2D eigenvalue weighted by Crippen LogP contribution is -2.49. The van der Waals surface area contributed by atoms with Crippen LogP contribution < -0.4 is 5.32 Å². The monoisotopic (exact) mass is 238 g/mol. The Labute approximate surface area is 105 Å². The van der Waals surface area contributed by atoms with Crippen molar-refractivity contribution in [1.29, 1.82) is 0 Å². The average Bonchev–Trinajstić information content (AvgIpc) is 2.80. The largest absolute Gasteiger partial charge is 0.344 e. The van der Waals surface area contributed by atoms with Crippen LogP contribution in [-0.4, -0.2) is 37.0 Å². The molecule has 1 amide bonds. The van der Waals surface area contributed by atoms with Gasteiger partial charge in [0.2, 0.25) is 5.91 Å². The summed E-state index contributed by atoms with van der Waals surface area (Å²) in [4.78, 5) is 14.3. The molecule has 0 bridgehead atoms. The van der Waals surface area contributed by atoms with E-state index in [1.807, 2.05) is 11.9 Å². The number of carbonyl (C=O) groups is 1. The van der Waals surface area contributed by atoms with E-state index in [2.05, 4.69) is 12.2 Å². The summed E-state index contributed by atoms with van der Waals surface area (Å²) in [6.45, 7) is 4.21. The van der Waals surface area contributed by atoms with Gasteiger partial charge in [-0.3, -0.25) is 4.79 Å². The molecule has 2 unspecified atom stereocenters. The zero-order valence-corrected chi connectivity index (χ0v) is 11.2. The Hall–Kier alpha value is -0.570. The van der Waals surface area contributed by atoms with Crippen LogP contribution in [0, 0.1) is 11.8 Å². The van der Waals surface area contributed by atoms with E-state index in [1.54, 1.807) is 0 Å². The maximum atomic E-state index is 12.3. The van der Waals surface area contributed by atoms with Crippen molar-refractivity contribution in [1.82, 2.24) is 10.2 Å². The summed E-state index contributed by atoms with van der Waals surface area (Å²) in [7, 11) is 1.97. The third kappa shape index (κ3) is 3.44. The second-order valence-corrected chi connectivity index (χ2v) is 6.01. The molecule has 0 aromatic heterocycles. The zero-order valence-electron chi connectivity index (χ0n) is 11.2. The molecule has 0 spiro atoms. The smallest absolute Gasteiger partial charge is 0.239 e. The molecular formula is C14H26N2O. The summed E-state index contributed by atoms with van der Waals surface area (Å²) in [5.74, 6) is 1.75. The fourth-order valence-electron chi connectivity index (χ4n) is 3.23. The van der Waals surface area contributed by atoms with Crippen molar-refractivity contribution in [3.05, 3.63) is 0 Å². The Bertz CT molecular complexity index is 261. The first kappa shape index (κ1) is 12.9. The van der Waals surface area contributed by atoms with Crippen molar-refractivity contribution in [3.63, 3.8) is 0 Å². The number of nitrogens with zero attached hydrogens (tertiary/aromatic N) is 1. The third-order valence-corrected chi connectivity index (χ3v) is 4.35. The zero-order chi connectivity index (χ0) is 12.3. The van der Waals surface area contributed by atoms with E-state index in [0.29, 0.717) is 11.8 Å². The van der Waals surface area contributed by atoms with E-state index in [4.69, 9.17) is 0 Å². The molecule has 2 fully saturated rings. The van der Waals surface area contributed by atoms with Gasteiger partial charge in [0.1, 0.15) is 0 Å². The Balaban J connectivity index is 1.81. The minimum absolute atomic E-state index is 0.0742. The number of nitrogens with one attached hydrogen (secondary N) is 1. The third-order valence-electron chi connectivity index (χ3n) is 4.35. The molecule has 1 aliphatic carbocycles. The molecule has 2 rings (SSSR count). The molecular weight excluding hydrogens is 212 g/mol. The van der Waals surface area contributed by atoms with Crippen molar-refractivity contribution >= 4 is 5.91 Å². The van der Waals surface area contributed by atoms with Gasteiger partial charge in [-0.25, -0.2) is 0 Å². The van der Waals surface area contributed by atoms with E-state index in [9.17, 15) is 4.79 Å². The fourth-order valence-corrected chi connectivity index (χ4v) is 3.23. The molecule has 0 radical (unpaired) electrons. The maximum absolute atomic E-state index is 12.3. The summed E-state index contributed by atoms with van der Waals surface area (Å²) >= 11 is 0. The molecule has 0 aromatic carbocycles. The first-order chi connectivity index (χ1) is 8.16. The van der Waals surface area contributed by atoms with Crippen LogP contribution in [0.2, 0.25) is 0 Å². The highest BCUT2D eigenvalue weighted by molar-refractivity contribution is 5.81. The summed E-state index contributed by atoms with van der Waals surface area (Å²) in [5.41, 5.74) is 0. The molecule has 3 heteroatoms. The van der Waals surface area contributed by atoms with Crippen LogP contribution in [0.15, 0.2) is 0 Å². The van der Waals surface area contributed by atoms with Crippen molar-refractivity contribution in [2.24, 2.45) is 11.8 Å². The summed E-state index contributed by atoms with van der Waals surface area (Å²) in [6, 6.07) is 0.0742. The quantitative estimate of drug-likeness (QED) is 0.816. The first-order valence-corrected chi connectivity index (χ1v) is 7.15. The number of likely N-dealkylation sites (N-methyl/N-ethyl adjacent to an activating group) is 1. The predicted molar refractivity (Wildman–Crippen MR) is 69.8 cm³/mol. The van der Waals surface area contributed by atoms with Gasteiger partial charge in [-0.2, -0.15) is 0 Å². The van der Waals surface area contributed by atoms with E-state index < -0.39 is 0 Å². The lowest BCUT2D eigenvalue weighted by Gasteiger charge is -2.31. The van der Waals surface area contributed by atoms with Crippen molar-refractivity contribution in [3.8, 4) is 0 Å². The van der Waals surface area contributed by atoms with Gasteiger partial charge in [0.15, 0.2) is 0 Å². The maximum Gasteiger partial charge on any atom is 0.239 e. The highest BCUT2D eigenvalue weighted by Gasteiger charge is 2.28. The molecule has 1 heterocycles. The van der Waals surface area contributed by atoms with Crippen molar-refractivity contribution in [2.45, 2.75) is 51.5 Å². The van der Waals surface area contributed by atoms with Gasteiger partial charge < -0.3 is 10.2 Å². The molecule has 1 saturated carbocycles. The molecule has 98 valence electrons. The van der Waals surface area contributed by atoms with Crippen LogP contribution in [0.5, 0.6) is 0 Å². The van der Waals surface area contributed by atoms with Gasteiger partial charge in [0.05, 0.1) is 6.04 Å². The summed E-state index contributed by atoms with van der Waals surface area (Å²) < 4.78 is 0. The molecule has 1 saturated heterocycles. The summed E-state index contributed by atoms with van der Waals surface area (Å²) in [6.07, 6.45) is 7.54. The Morgan fingerprint density at radius 2 is 2.00 bits per heavy atom. The topological polar surface area (TPSA) is 32.3 Å². The molecule has 1 N–H and O–H groups in total. The second-order valence-electron chi connectivity index (χ2n) is 6.01. The van der Waals surface area contributed by atoms with Crippen LogP contribution in [-0.2, 0) is 4.79 Å². The van der Waals surface area contributed by atoms with Gasteiger partial charge in [-0.05, 0) is 44.1 Å². The molecule has 0 aromatic rings. The van der Waals surface area contributed by atoms with Crippen molar-refractivity contribution in [2.75, 3.05) is 20.1 Å². The summed E-state index contributed by atoms with van der Waals surface area (Å²) in [5, 5.41) is 3.36. The predicted octanol–water partition coefficient (Wildman–Crippen LogP) is 2.02. The minimum atomic E-state index is 0.0742. The number of hydrogen-bond acceptors (Lipinski definition) is 2. The lowest BCUT2D eigenvalue weighted by atomic mass is 9.93. The minimum Gasteiger partial charge on any atom is -0.344 e. The molecule has 3 nitrogen and oxygen atoms in total. The van der Waals surface area contributed by atoms with E-state index in [-0.39, 0.29) is 6.04 Å². The number of hydrogen-bond donors (Lipinski definition) is 1. The van der Waals surface area contributed by atoms with Gasteiger partial charge in [0.25, 0.3) is 0 Å². The highest BCUT2D eigenvalue weighted by Crippen LogP contribution is 2.25. The molecule has 1 aliphatic heterocycles. The number of carbonyl (C=O) groups excluding carboxylic acids is 1. The second kappa shape index (κ2) is 5.85. The van der Waals surface area contributed by atoms with Crippen LogP contribution >= 0.6 is 0 Å². The van der Waals surface area contributed by atoms with Gasteiger partial charge in [-0.15, -0.1) is 0 Å². The Morgan fingerprint density at radius 1 is 1.29 bits per heavy atom. The van der Waals surface area contributed by atoms with E-state index in [1.165, 1.54) is 32.1 Å². The first-order valence-electron chi connectivity index (χ1n) is 7.15. The van der Waals surface area contributed by atoms with E-state index in [0.717, 1.165) is 25.4 Å². The lowest BCUT2D eigenvalue weighted by molar-refractivity contribution is -0.133. The average molecular weight is 238 g/mol. The number of rotatable bonds is 3. The van der Waals surface area contributed by atoms with Gasteiger partial charge in [0, 0.05) is 13.6 Å². The highest BCUT2D eigenvalue weighted by atomic mass is 16.2. The van der Waals surface area contributed by atoms with Crippen LogP contribution in [0.25, 0.3) is 0 Å². The molecule has 2 aliphatic rings. The molecule has 2 atom stereocenters. The molecule has 17 heavy (non-hydrogen) atoms. The van der Waals surface area contributed by atoms with Crippen molar-refractivity contribution < 1.29 is 4.79 Å². The number of amides is 1. The van der Waals surface area contributed by atoms with Crippen LogP contribution in [0.1, 0.15) is 45.4 Å². The normalized spacial score (nSPS) is 30.5. The SMILES string of the molecule is CC1CCNC(C(=O)N(C)CC2CCCC2)C1. The van der Waals surface area contributed by atoms with Gasteiger partial charge in [-0.1, -0.05) is 19.8 Å². The number of piperidine rings is 1. The fraction of sp³-hybridized carbons (Fsp3) is 0.929. The Kier molecular flexibility index (Phi) is 4.43. The van der Waals surface area contributed by atoms with E-state index >= 15 is 0 Å².